The summed E-state index contributed by atoms with van der Waals surface area (Å²) in [7, 11) is 0. The third-order valence-electron chi connectivity index (χ3n) is 1.84. The van der Waals surface area contributed by atoms with Crippen molar-refractivity contribution in [1.82, 2.24) is 5.16 Å². The first-order chi connectivity index (χ1) is 7.09. The predicted octanol–water partition coefficient (Wildman–Crippen LogP) is 3.94. The molecule has 2 aromatic rings. The number of nitrogens with zero attached hydrogens (tertiary/aromatic N) is 1. The van der Waals surface area contributed by atoms with Crippen molar-refractivity contribution in [2.75, 3.05) is 5.73 Å². The first kappa shape index (κ1) is 11.2. The lowest BCUT2D eigenvalue weighted by atomic mass is 10.2. The van der Waals surface area contributed by atoms with E-state index in [9.17, 15) is 0 Å². The molecule has 1 heterocycles. The first-order valence-electron chi connectivity index (χ1n) is 3.95. The van der Waals surface area contributed by atoms with Crippen LogP contribution in [0.15, 0.2) is 27.2 Å². The molecule has 1 aromatic heterocycles. The number of rotatable bonds is 1. The minimum atomic E-state index is 0.396. The topological polar surface area (TPSA) is 52.0 Å². The monoisotopic (exact) mass is 398 g/mol. The van der Waals surface area contributed by atoms with E-state index in [4.69, 9.17) is 21.9 Å². The molecule has 1 aromatic carbocycles. The Morgan fingerprint density at radius 2 is 2.20 bits per heavy atom. The lowest BCUT2D eigenvalue weighted by Gasteiger charge is -2.00. The molecule has 6 heteroatoms. The molecule has 78 valence electrons. The molecule has 2 N–H and O–H groups in total. The van der Waals surface area contributed by atoms with Crippen molar-refractivity contribution in [1.29, 1.82) is 0 Å². The van der Waals surface area contributed by atoms with Crippen LogP contribution in [0, 0.1) is 3.57 Å². The third-order valence-corrected chi connectivity index (χ3v) is 3.77. The smallest absolute Gasteiger partial charge is 0.183 e. The third kappa shape index (κ3) is 2.14. The van der Waals surface area contributed by atoms with Crippen LogP contribution in [0.2, 0.25) is 5.02 Å². The highest BCUT2D eigenvalue weighted by molar-refractivity contribution is 14.1. The van der Waals surface area contributed by atoms with Gasteiger partial charge < -0.3 is 10.3 Å². The zero-order valence-electron chi connectivity index (χ0n) is 7.30. The second-order valence-corrected chi connectivity index (χ2v) is 5.20. The fourth-order valence-corrected chi connectivity index (χ4v) is 2.48. The summed E-state index contributed by atoms with van der Waals surface area (Å²) in [5.74, 6) is 1.05. The second-order valence-electron chi connectivity index (χ2n) is 2.84. The summed E-state index contributed by atoms with van der Waals surface area (Å²) in [6.45, 7) is 0. The van der Waals surface area contributed by atoms with E-state index in [2.05, 4.69) is 43.7 Å². The van der Waals surface area contributed by atoms with Gasteiger partial charge in [-0.2, -0.15) is 0 Å². The minimum Gasteiger partial charge on any atom is -0.380 e. The summed E-state index contributed by atoms with van der Waals surface area (Å²) in [5.41, 5.74) is 6.49. The molecule has 2 rings (SSSR count). The molecule has 0 saturated carbocycles. The van der Waals surface area contributed by atoms with Crippen LogP contribution in [0.5, 0.6) is 0 Å². The highest BCUT2D eigenvalue weighted by Crippen LogP contribution is 2.35. The summed E-state index contributed by atoms with van der Waals surface area (Å²) in [6.07, 6.45) is 0. The van der Waals surface area contributed by atoms with E-state index in [-0.39, 0.29) is 0 Å². The number of nitrogen functional groups attached to an aromatic ring is 1. The van der Waals surface area contributed by atoms with Crippen LogP contribution in [-0.4, -0.2) is 5.16 Å². The average molecular weight is 399 g/mol. The van der Waals surface area contributed by atoms with Gasteiger partial charge in [-0.3, -0.25) is 0 Å². The van der Waals surface area contributed by atoms with Gasteiger partial charge >= 0.3 is 0 Å². The van der Waals surface area contributed by atoms with Crippen LogP contribution in [0.3, 0.4) is 0 Å². The van der Waals surface area contributed by atoms with Crippen molar-refractivity contribution in [3.8, 4) is 11.3 Å². The Bertz CT molecular complexity index is 515. The predicted molar refractivity (Wildman–Crippen MR) is 71.8 cm³/mol. The van der Waals surface area contributed by atoms with E-state index in [1.807, 2.05) is 6.07 Å². The summed E-state index contributed by atoms with van der Waals surface area (Å²) >= 11 is 11.4. The number of nitrogens with two attached hydrogens (primary N) is 1. The van der Waals surface area contributed by atoms with Crippen LogP contribution in [0.25, 0.3) is 11.3 Å². The van der Waals surface area contributed by atoms with Gasteiger partial charge in [-0.25, -0.2) is 0 Å². The molecule has 0 radical (unpaired) electrons. The molecule has 0 aliphatic carbocycles. The number of benzene rings is 1. The molecule has 3 nitrogen and oxygen atoms in total. The molecule has 0 aliphatic rings. The van der Waals surface area contributed by atoms with Crippen LogP contribution in [0.1, 0.15) is 0 Å². The van der Waals surface area contributed by atoms with Crippen molar-refractivity contribution < 1.29 is 4.52 Å². The van der Waals surface area contributed by atoms with Gasteiger partial charge in [-0.1, -0.05) is 16.8 Å². The standard InChI is InChI=1S/C9H5BrClIN2O/c10-6-3-4(11)1-2-5(6)8-7(12)9(13)14-15-8/h1-3H,(H2,13,14). The van der Waals surface area contributed by atoms with E-state index in [0.717, 1.165) is 13.6 Å². The van der Waals surface area contributed by atoms with Crippen LogP contribution in [0.4, 0.5) is 5.82 Å². The zero-order chi connectivity index (χ0) is 11.0. The lowest BCUT2D eigenvalue weighted by Crippen LogP contribution is -1.86. The van der Waals surface area contributed by atoms with Gasteiger partial charge in [0.25, 0.3) is 0 Å². The van der Waals surface area contributed by atoms with Gasteiger partial charge in [0.2, 0.25) is 0 Å². The summed E-state index contributed by atoms with van der Waals surface area (Å²) < 4.78 is 6.80. The van der Waals surface area contributed by atoms with Crippen LogP contribution in [-0.2, 0) is 0 Å². The van der Waals surface area contributed by atoms with Crippen molar-refractivity contribution in [3.05, 3.63) is 31.3 Å². The normalized spacial score (nSPS) is 10.6. The Kier molecular flexibility index (Phi) is 3.22. The number of anilines is 1. The highest BCUT2D eigenvalue weighted by Gasteiger charge is 2.15. The van der Waals surface area contributed by atoms with Crippen molar-refractivity contribution >= 4 is 55.9 Å². The van der Waals surface area contributed by atoms with Gasteiger partial charge in [-0.15, -0.1) is 0 Å². The Morgan fingerprint density at radius 1 is 1.47 bits per heavy atom. The molecular formula is C9H5BrClIN2O. The van der Waals surface area contributed by atoms with E-state index >= 15 is 0 Å². The molecule has 0 atom stereocenters. The summed E-state index contributed by atoms with van der Waals surface area (Å²) in [4.78, 5) is 0. The number of hydrogen-bond acceptors (Lipinski definition) is 3. The van der Waals surface area contributed by atoms with E-state index in [1.54, 1.807) is 12.1 Å². The van der Waals surface area contributed by atoms with Crippen molar-refractivity contribution in [2.45, 2.75) is 0 Å². The number of aromatic nitrogens is 1. The van der Waals surface area contributed by atoms with E-state index < -0.39 is 0 Å². The zero-order valence-corrected chi connectivity index (χ0v) is 11.8. The fraction of sp³-hybridized carbons (Fsp3) is 0. The Hall–Kier alpha value is -0.270. The van der Waals surface area contributed by atoms with Crippen LogP contribution < -0.4 is 5.73 Å². The molecule has 0 amide bonds. The average Bonchev–Trinajstić information content (AvgIpc) is 2.49. The van der Waals surface area contributed by atoms with Crippen LogP contribution >= 0.6 is 50.1 Å². The van der Waals surface area contributed by atoms with Gasteiger partial charge in [0.1, 0.15) is 3.57 Å². The van der Waals surface area contributed by atoms with E-state index in [0.29, 0.717) is 16.6 Å². The number of hydrogen-bond donors (Lipinski definition) is 1. The van der Waals surface area contributed by atoms with Gasteiger partial charge in [0.05, 0.1) is 0 Å². The maximum atomic E-state index is 5.85. The van der Waals surface area contributed by atoms with Crippen molar-refractivity contribution in [2.24, 2.45) is 0 Å². The highest BCUT2D eigenvalue weighted by atomic mass is 127. The second kappa shape index (κ2) is 4.31. The molecule has 0 fully saturated rings. The maximum absolute atomic E-state index is 5.85. The quantitative estimate of drug-likeness (QED) is 0.739. The SMILES string of the molecule is Nc1noc(-c2ccc(Cl)cc2Br)c1I. The van der Waals surface area contributed by atoms with Gasteiger partial charge in [0.15, 0.2) is 11.6 Å². The lowest BCUT2D eigenvalue weighted by molar-refractivity contribution is 0.435. The molecule has 0 saturated heterocycles. The molecule has 0 spiro atoms. The fourth-order valence-electron chi connectivity index (χ4n) is 1.13. The largest absolute Gasteiger partial charge is 0.380 e. The Morgan fingerprint density at radius 3 is 2.73 bits per heavy atom. The Balaban J connectivity index is 2.59. The van der Waals surface area contributed by atoms with Gasteiger partial charge in [0, 0.05) is 15.1 Å². The minimum absolute atomic E-state index is 0.396. The molecule has 0 aliphatic heterocycles. The summed E-state index contributed by atoms with van der Waals surface area (Å²) in [5, 5.41) is 4.36. The van der Waals surface area contributed by atoms with Gasteiger partial charge in [-0.05, 0) is 56.7 Å². The molecule has 0 bridgehead atoms. The first-order valence-corrected chi connectivity index (χ1v) is 6.20. The van der Waals surface area contributed by atoms with E-state index in [1.165, 1.54) is 0 Å². The molecular weight excluding hydrogens is 394 g/mol. The summed E-state index contributed by atoms with van der Waals surface area (Å²) in [6, 6.07) is 5.44. The maximum Gasteiger partial charge on any atom is 0.183 e. The molecule has 15 heavy (non-hydrogen) atoms. The molecule has 0 unspecified atom stereocenters. The number of halogens is 3. The Labute approximate surface area is 113 Å². The van der Waals surface area contributed by atoms with Crippen molar-refractivity contribution in [3.63, 3.8) is 0 Å².